The van der Waals surface area contributed by atoms with Crippen molar-refractivity contribution < 1.29 is 4.52 Å². The van der Waals surface area contributed by atoms with Crippen LogP contribution in [0.15, 0.2) is 39.8 Å². The number of rotatable bonds is 6. The Morgan fingerprint density at radius 2 is 2.27 bits per heavy atom. The van der Waals surface area contributed by atoms with Crippen molar-refractivity contribution in [3.8, 4) is 0 Å². The molecule has 1 aromatic carbocycles. The number of hydrogen-bond acceptors (Lipinski definition) is 4. The van der Waals surface area contributed by atoms with Gasteiger partial charge in [0.25, 0.3) is 0 Å². The van der Waals surface area contributed by atoms with Crippen molar-refractivity contribution in [2.45, 2.75) is 37.1 Å². The highest BCUT2D eigenvalue weighted by Gasteiger charge is 2.28. The average molecular weight is 337 g/mol. The fourth-order valence-electron chi connectivity index (χ4n) is 2.97. The molecule has 0 amide bonds. The predicted molar refractivity (Wildman–Crippen MR) is 91.6 cm³/mol. The molecule has 5 heteroatoms. The lowest BCUT2D eigenvalue weighted by molar-refractivity contribution is 0.214. The summed E-state index contributed by atoms with van der Waals surface area (Å²) in [4.78, 5) is 3.70. The minimum atomic E-state index is 0.409. The van der Waals surface area contributed by atoms with Gasteiger partial charge in [0.1, 0.15) is 0 Å². The van der Waals surface area contributed by atoms with Gasteiger partial charge in [-0.25, -0.2) is 0 Å². The molecule has 1 aliphatic rings. The van der Waals surface area contributed by atoms with E-state index in [-0.39, 0.29) is 0 Å². The van der Waals surface area contributed by atoms with E-state index in [9.17, 15) is 0 Å². The van der Waals surface area contributed by atoms with E-state index >= 15 is 0 Å². The molecular formula is C17H21ClN2OS. The van der Waals surface area contributed by atoms with Crippen molar-refractivity contribution >= 4 is 23.4 Å². The van der Waals surface area contributed by atoms with Crippen LogP contribution in [0.1, 0.15) is 36.8 Å². The summed E-state index contributed by atoms with van der Waals surface area (Å²) in [7, 11) is 0. The van der Waals surface area contributed by atoms with Gasteiger partial charge in [-0.2, -0.15) is 0 Å². The number of aromatic nitrogens is 1. The van der Waals surface area contributed by atoms with E-state index in [0.29, 0.717) is 6.04 Å². The fraction of sp³-hybridized carbons (Fsp3) is 0.471. The third-order valence-corrected chi connectivity index (χ3v) is 5.62. The molecule has 1 unspecified atom stereocenters. The summed E-state index contributed by atoms with van der Waals surface area (Å²) in [6.07, 6.45) is 3.56. The summed E-state index contributed by atoms with van der Waals surface area (Å²) in [5.41, 5.74) is 0.969. The van der Waals surface area contributed by atoms with E-state index < -0.39 is 0 Å². The lowest BCUT2D eigenvalue weighted by atomic mass is 10.1. The fourth-order valence-corrected chi connectivity index (χ4v) is 4.14. The zero-order valence-electron chi connectivity index (χ0n) is 12.8. The normalized spacial score (nSPS) is 18.9. The van der Waals surface area contributed by atoms with Crippen molar-refractivity contribution in [2.24, 2.45) is 0 Å². The summed E-state index contributed by atoms with van der Waals surface area (Å²) < 4.78 is 5.46. The molecule has 2 aromatic rings. The van der Waals surface area contributed by atoms with Crippen LogP contribution in [0.2, 0.25) is 5.02 Å². The van der Waals surface area contributed by atoms with Gasteiger partial charge in [0, 0.05) is 11.0 Å². The molecule has 3 nitrogen and oxygen atoms in total. The Morgan fingerprint density at radius 3 is 3.05 bits per heavy atom. The largest absolute Gasteiger partial charge is 0.359 e. The number of thioether (sulfide) groups is 1. The van der Waals surface area contributed by atoms with Gasteiger partial charge in [-0.05, 0) is 57.2 Å². The molecule has 1 saturated heterocycles. The van der Waals surface area contributed by atoms with Gasteiger partial charge in [0.05, 0.1) is 16.8 Å². The molecule has 0 spiro atoms. The number of nitrogens with zero attached hydrogens (tertiary/aromatic N) is 2. The molecule has 0 radical (unpaired) electrons. The molecule has 22 heavy (non-hydrogen) atoms. The van der Waals surface area contributed by atoms with Gasteiger partial charge >= 0.3 is 0 Å². The van der Waals surface area contributed by atoms with Crippen LogP contribution in [0.3, 0.4) is 0 Å². The van der Waals surface area contributed by atoms with Crippen LogP contribution in [0.4, 0.5) is 0 Å². The Kier molecular flexibility index (Phi) is 5.45. The Morgan fingerprint density at radius 1 is 1.41 bits per heavy atom. The standard InChI is InChI=1S/C17H21ClN2OS/c1-13-12-16(21-19-13)15-7-4-9-20(15)10-5-11-22-17-8-3-2-6-14(17)18/h2-3,6,8,12,15H,4-5,7,9-11H2,1H3. The smallest absolute Gasteiger partial charge is 0.154 e. The number of likely N-dealkylation sites (tertiary alicyclic amines) is 1. The van der Waals surface area contributed by atoms with Gasteiger partial charge in [-0.15, -0.1) is 11.8 Å². The molecule has 0 bridgehead atoms. The minimum absolute atomic E-state index is 0.409. The van der Waals surface area contributed by atoms with Gasteiger partial charge in [0.2, 0.25) is 0 Å². The Bertz CT molecular complexity index is 616. The zero-order chi connectivity index (χ0) is 15.4. The molecule has 1 aliphatic heterocycles. The third-order valence-electron chi connectivity index (χ3n) is 4.02. The van der Waals surface area contributed by atoms with Crippen molar-refractivity contribution in [1.29, 1.82) is 0 Å². The summed E-state index contributed by atoms with van der Waals surface area (Å²) >= 11 is 8.02. The molecule has 0 saturated carbocycles. The molecule has 0 N–H and O–H groups in total. The van der Waals surface area contributed by atoms with Crippen LogP contribution in [-0.4, -0.2) is 28.9 Å². The zero-order valence-corrected chi connectivity index (χ0v) is 14.4. The average Bonchev–Trinajstić information content (AvgIpc) is 3.14. The highest BCUT2D eigenvalue weighted by atomic mass is 35.5. The van der Waals surface area contributed by atoms with E-state index in [1.165, 1.54) is 17.7 Å². The summed E-state index contributed by atoms with van der Waals surface area (Å²) in [5, 5.41) is 4.87. The van der Waals surface area contributed by atoms with E-state index in [4.69, 9.17) is 16.1 Å². The van der Waals surface area contributed by atoms with Crippen molar-refractivity contribution in [3.63, 3.8) is 0 Å². The van der Waals surface area contributed by atoms with Gasteiger partial charge < -0.3 is 4.52 Å². The molecular weight excluding hydrogens is 316 g/mol. The predicted octanol–water partition coefficient (Wildman–Crippen LogP) is 4.96. The molecule has 1 aromatic heterocycles. The van der Waals surface area contributed by atoms with Crippen molar-refractivity contribution in [3.05, 3.63) is 46.8 Å². The van der Waals surface area contributed by atoms with E-state index in [2.05, 4.69) is 22.2 Å². The topological polar surface area (TPSA) is 29.3 Å². The van der Waals surface area contributed by atoms with Crippen LogP contribution >= 0.6 is 23.4 Å². The molecule has 3 rings (SSSR count). The molecule has 2 heterocycles. The van der Waals surface area contributed by atoms with Gasteiger partial charge in [-0.1, -0.05) is 28.9 Å². The summed E-state index contributed by atoms with van der Waals surface area (Å²) in [6.45, 7) is 4.23. The van der Waals surface area contributed by atoms with Crippen LogP contribution in [0, 0.1) is 6.92 Å². The van der Waals surface area contributed by atoms with Crippen LogP contribution < -0.4 is 0 Å². The maximum absolute atomic E-state index is 6.19. The number of benzene rings is 1. The highest BCUT2D eigenvalue weighted by molar-refractivity contribution is 7.99. The number of aryl methyl sites for hydroxylation is 1. The van der Waals surface area contributed by atoms with Crippen LogP contribution in [0.5, 0.6) is 0 Å². The first-order valence-electron chi connectivity index (χ1n) is 7.78. The maximum atomic E-state index is 6.19. The monoisotopic (exact) mass is 336 g/mol. The van der Waals surface area contributed by atoms with E-state index in [1.54, 1.807) is 0 Å². The lowest BCUT2D eigenvalue weighted by Crippen LogP contribution is -2.24. The van der Waals surface area contributed by atoms with Gasteiger partial charge in [-0.3, -0.25) is 4.90 Å². The summed E-state index contributed by atoms with van der Waals surface area (Å²) in [5.74, 6) is 2.11. The van der Waals surface area contributed by atoms with Crippen LogP contribution in [-0.2, 0) is 0 Å². The Balaban J connectivity index is 1.48. The van der Waals surface area contributed by atoms with Crippen molar-refractivity contribution in [1.82, 2.24) is 10.1 Å². The SMILES string of the molecule is Cc1cc(C2CCCN2CCCSc2ccccc2Cl)on1. The second-order valence-corrected chi connectivity index (χ2v) is 7.24. The Hall–Kier alpha value is -0.970. The van der Waals surface area contributed by atoms with E-state index in [1.807, 2.05) is 36.9 Å². The first-order chi connectivity index (χ1) is 10.7. The van der Waals surface area contributed by atoms with Gasteiger partial charge in [0.15, 0.2) is 5.76 Å². The lowest BCUT2D eigenvalue weighted by Gasteiger charge is -2.22. The summed E-state index contributed by atoms with van der Waals surface area (Å²) in [6, 6.07) is 10.5. The van der Waals surface area contributed by atoms with E-state index in [0.717, 1.165) is 41.7 Å². The first kappa shape index (κ1) is 15.9. The maximum Gasteiger partial charge on any atom is 0.154 e. The van der Waals surface area contributed by atoms with Crippen molar-refractivity contribution in [2.75, 3.05) is 18.8 Å². The highest BCUT2D eigenvalue weighted by Crippen LogP contribution is 2.33. The minimum Gasteiger partial charge on any atom is -0.359 e. The quantitative estimate of drug-likeness (QED) is 0.551. The number of hydrogen-bond donors (Lipinski definition) is 0. The Labute approximate surface area is 141 Å². The first-order valence-corrected chi connectivity index (χ1v) is 9.15. The molecule has 1 fully saturated rings. The van der Waals surface area contributed by atoms with Crippen LogP contribution in [0.25, 0.3) is 0 Å². The molecule has 1 atom stereocenters. The molecule has 118 valence electrons. The second-order valence-electron chi connectivity index (χ2n) is 5.70. The second kappa shape index (κ2) is 7.53. The third kappa shape index (κ3) is 3.86. The number of halogens is 1. The molecule has 0 aliphatic carbocycles.